The number of nitrogens with zero attached hydrogens (tertiary/aromatic N) is 2. The van der Waals surface area contributed by atoms with Crippen LogP contribution in [0.1, 0.15) is 27.1 Å². The van der Waals surface area contributed by atoms with E-state index in [0.717, 1.165) is 17.8 Å². The smallest absolute Gasteiger partial charge is 0.251 e. The van der Waals surface area contributed by atoms with Gasteiger partial charge in [-0.05, 0) is 36.8 Å². The largest absolute Gasteiger partial charge is 0.384 e. The van der Waals surface area contributed by atoms with Gasteiger partial charge in [-0.1, -0.05) is 12.1 Å². The third kappa shape index (κ3) is 4.31. The van der Waals surface area contributed by atoms with E-state index >= 15 is 0 Å². The van der Waals surface area contributed by atoms with Crippen molar-refractivity contribution in [3.05, 3.63) is 53.7 Å². The van der Waals surface area contributed by atoms with Gasteiger partial charge in [0, 0.05) is 23.4 Å². The Labute approximate surface area is 134 Å². The summed E-state index contributed by atoms with van der Waals surface area (Å²) in [6.45, 7) is 2.89. The number of amides is 1. The Balaban J connectivity index is 0. The van der Waals surface area contributed by atoms with Gasteiger partial charge in [-0.15, -0.1) is 0 Å². The van der Waals surface area contributed by atoms with Crippen LogP contribution in [0.15, 0.2) is 47.7 Å². The van der Waals surface area contributed by atoms with E-state index < -0.39 is 0 Å². The van der Waals surface area contributed by atoms with Crippen molar-refractivity contribution < 1.29 is 9.07 Å². The molecule has 3 N–H and O–H groups in total. The Bertz CT molecular complexity index is 648. The number of carbonyl (C=O) groups is 1. The first-order valence-electron chi connectivity index (χ1n) is 7.04. The first-order chi connectivity index (χ1) is 10.7. The van der Waals surface area contributed by atoms with Crippen molar-refractivity contribution in [2.24, 2.45) is 5.10 Å². The standard InChI is InChI=1S/C16H19N5O.3H2/c1-3-18-14-8-9-15(19-11-14)21-20-10-12-4-6-13(7-5-12)16(22)17-2;;;/h4-11,18H,3H2,1-2H3,(H,17,22)(H,19,21);3*1H/b20-10+;;;. The van der Waals surface area contributed by atoms with E-state index in [1.807, 2.05) is 31.2 Å². The maximum Gasteiger partial charge on any atom is 0.251 e. The van der Waals surface area contributed by atoms with Gasteiger partial charge in [0.15, 0.2) is 0 Å². The van der Waals surface area contributed by atoms with Gasteiger partial charge >= 0.3 is 0 Å². The minimum atomic E-state index is -0.105. The average molecular weight is 303 g/mol. The molecule has 22 heavy (non-hydrogen) atoms. The molecule has 6 nitrogen and oxygen atoms in total. The fourth-order valence-electron chi connectivity index (χ4n) is 1.81. The maximum atomic E-state index is 11.4. The molecule has 2 rings (SSSR count). The van der Waals surface area contributed by atoms with Gasteiger partial charge in [0.1, 0.15) is 5.82 Å². The minimum Gasteiger partial charge on any atom is -0.384 e. The molecule has 1 amide bonds. The molecule has 0 bridgehead atoms. The van der Waals surface area contributed by atoms with Crippen molar-refractivity contribution in [3.8, 4) is 0 Å². The van der Waals surface area contributed by atoms with Gasteiger partial charge in [0.05, 0.1) is 18.1 Å². The zero-order chi connectivity index (χ0) is 15.8. The number of hydrogen-bond acceptors (Lipinski definition) is 5. The van der Waals surface area contributed by atoms with Gasteiger partial charge in [0.2, 0.25) is 0 Å². The van der Waals surface area contributed by atoms with Crippen LogP contribution in [0.25, 0.3) is 0 Å². The summed E-state index contributed by atoms with van der Waals surface area (Å²) in [6, 6.07) is 11.0. The van der Waals surface area contributed by atoms with E-state index in [1.54, 1.807) is 31.6 Å². The third-order valence-electron chi connectivity index (χ3n) is 2.94. The monoisotopic (exact) mass is 303 g/mol. The molecule has 6 heteroatoms. The van der Waals surface area contributed by atoms with E-state index in [1.165, 1.54) is 0 Å². The van der Waals surface area contributed by atoms with E-state index in [2.05, 4.69) is 26.1 Å². The number of hydrazone groups is 1. The van der Waals surface area contributed by atoms with Gasteiger partial charge < -0.3 is 10.6 Å². The summed E-state index contributed by atoms with van der Waals surface area (Å²) in [5, 5.41) is 9.88. The molecule has 0 radical (unpaired) electrons. The lowest BCUT2D eigenvalue weighted by atomic mass is 10.1. The molecule has 1 aromatic carbocycles. The number of carbonyl (C=O) groups excluding carboxylic acids is 1. The number of pyridine rings is 1. The Morgan fingerprint density at radius 2 is 2.05 bits per heavy atom. The molecule has 0 saturated carbocycles. The van der Waals surface area contributed by atoms with Gasteiger partial charge in [-0.3, -0.25) is 10.2 Å². The van der Waals surface area contributed by atoms with Gasteiger partial charge in [-0.2, -0.15) is 5.10 Å². The van der Waals surface area contributed by atoms with Crippen LogP contribution in [0, 0.1) is 0 Å². The van der Waals surface area contributed by atoms with Crippen molar-refractivity contribution in [2.75, 3.05) is 24.3 Å². The molecular formula is C16H25N5O. The van der Waals surface area contributed by atoms with E-state index in [4.69, 9.17) is 0 Å². The lowest BCUT2D eigenvalue weighted by Gasteiger charge is -2.03. The summed E-state index contributed by atoms with van der Waals surface area (Å²) in [6.07, 6.45) is 3.42. The van der Waals surface area contributed by atoms with Crippen LogP contribution in [0.3, 0.4) is 0 Å². The highest BCUT2D eigenvalue weighted by molar-refractivity contribution is 5.94. The summed E-state index contributed by atoms with van der Waals surface area (Å²) < 4.78 is 0. The van der Waals surface area contributed by atoms with E-state index in [9.17, 15) is 4.79 Å². The van der Waals surface area contributed by atoms with Crippen LogP contribution in [0.5, 0.6) is 0 Å². The average Bonchev–Trinajstić information content (AvgIpc) is 2.56. The highest BCUT2D eigenvalue weighted by Gasteiger charge is 2.01. The van der Waals surface area contributed by atoms with Crippen molar-refractivity contribution in [1.82, 2.24) is 10.3 Å². The molecule has 0 aliphatic carbocycles. The molecule has 0 unspecified atom stereocenters. The number of rotatable bonds is 6. The second-order valence-corrected chi connectivity index (χ2v) is 4.53. The van der Waals surface area contributed by atoms with E-state index in [0.29, 0.717) is 11.4 Å². The fourth-order valence-corrected chi connectivity index (χ4v) is 1.81. The molecule has 0 saturated heterocycles. The topological polar surface area (TPSA) is 78.4 Å². The zero-order valence-electron chi connectivity index (χ0n) is 12.6. The third-order valence-corrected chi connectivity index (χ3v) is 2.94. The summed E-state index contributed by atoms with van der Waals surface area (Å²) in [7, 11) is 1.61. The quantitative estimate of drug-likeness (QED) is 0.566. The molecule has 0 fully saturated rings. The zero-order valence-corrected chi connectivity index (χ0v) is 12.6. The lowest BCUT2D eigenvalue weighted by Crippen LogP contribution is -2.17. The van der Waals surface area contributed by atoms with Crippen LogP contribution in [0.2, 0.25) is 0 Å². The highest BCUT2D eigenvalue weighted by Crippen LogP contribution is 2.09. The molecule has 1 heterocycles. The Morgan fingerprint density at radius 1 is 1.27 bits per heavy atom. The van der Waals surface area contributed by atoms with Crippen molar-refractivity contribution in [3.63, 3.8) is 0 Å². The Morgan fingerprint density at radius 3 is 2.64 bits per heavy atom. The first kappa shape index (κ1) is 15.5. The Hall–Kier alpha value is -2.89. The fraction of sp³-hybridized carbons (Fsp3) is 0.188. The van der Waals surface area contributed by atoms with Crippen LogP contribution in [-0.4, -0.2) is 30.7 Å². The van der Waals surface area contributed by atoms with Crippen molar-refractivity contribution >= 4 is 23.6 Å². The van der Waals surface area contributed by atoms with Crippen molar-refractivity contribution in [1.29, 1.82) is 0 Å². The van der Waals surface area contributed by atoms with E-state index in [-0.39, 0.29) is 10.2 Å². The van der Waals surface area contributed by atoms with Crippen molar-refractivity contribution in [2.45, 2.75) is 6.92 Å². The summed E-state index contributed by atoms with van der Waals surface area (Å²) in [5.41, 5.74) is 5.35. The second kappa shape index (κ2) is 7.78. The molecular weight excluding hydrogens is 278 g/mol. The second-order valence-electron chi connectivity index (χ2n) is 4.53. The normalized spacial score (nSPS) is 10.5. The maximum absolute atomic E-state index is 11.4. The van der Waals surface area contributed by atoms with Crippen LogP contribution in [0.4, 0.5) is 11.5 Å². The number of benzene rings is 1. The molecule has 1 aromatic heterocycles. The first-order valence-corrected chi connectivity index (χ1v) is 7.04. The Kier molecular flexibility index (Phi) is 5.48. The minimum absolute atomic E-state index is 0. The SMILES string of the molecule is CCNc1ccc(N/N=C/c2ccc(C(=O)NC)cc2)nc1.[HH].[HH].[HH]. The molecule has 0 aliphatic heterocycles. The molecule has 120 valence electrons. The predicted octanol–water partition coefficient (Wildman–Crippen LogP) is 3.06. The predicted molar refractivity (Wildman–Crippen MR) is 95.8 cm³/mol. The highest BCUT2D eigenvalue weighted by atomic mass is 16.1. The molecule has 0 aliphatic rings. The lowest BCUT2D eigenvalue weighted by molar-refractivity contribution is 0.0963. The van der Waals surface area contributed by atoms with Crippen LogP contribution in [-0.2, 0) is 0 Å². The summed E-state index contributed by atoms with van der Waals surface area (Å²) in [4.78, 5) is 15.7. The van der Waals surface area contributed by atoms with Crippen LogP contribution >= 0.6 is 0 Å². The molecule has 0 atom stereocenters. The molecule has 0 spiro atoms. The van der Waals surface area contributed by atoms with Gasteiger partial charge in [0.25, 0.3) is 5.91 Å². The summed E-state index contributed by atoms with van der Waals surface area (Å²) in [5.74, 6) is 0.562. The number of hydrogen-bond donors (Lipinski definition) is 3. The number of aromatic nitrogens is 1. The van der Waals surface area contributed by atoms with Gasteiger partial charge in [-0.25, -0.2) is 4.98 Å². The van der Waals surface area contributed by atoms with Crippen LogP contribution < -0.4 is 16.1 Å². The summed E-state index contributed by atoms with van der Waals surface area (Å²) >= 11 is 0. The molecule has 2 aromatic rings. The number of nitrogens with one attached hydrogen (secondary N) is 3. The number of anilines is 2.